The molecule has 0 aliphatic carbocycles. The number of pyridine rings is 1. The van der Waals surface area contributed by atoms with Crippen LogP contribution >= 0.6 is 0 Å². The van der Waals surface area contributed by atoms with Crippen LogP contribution in [-0.2, 0) is 5.54 Å². The molecule has 0 amide bonds. The molecule has 0 saturated carbocycles. The van der Waals surface area contributed by atoms with Gasteiger partial charge in [0, 0.05) is 31.7 Å². The first-order valence-electron chi connectivity index (χ1n) is 10.7. The molecule has 0 bridgehead atoms. The highest BCUT2D eigenvalue weighted by Crippen LogP contribution is 2.31. The number of hydrogen-bond acceptors (Lipinski definition) is 6. The predicted molar refractivity (Wildman–Crippen MR) is 118 cm³/mol. The SMILES string of the molecule is CCC(C)(C)n1nnnc1C(c1cc2cccc(C)c2[nH]c1=O)N1CCN(C)CC1. The Bertz CT molecular complexity index is 1090. The van der Waals surface area contributed by atoms with Gasteiger partial charge in [-0.1, -0.05) is 25.1 Å². The number of nitrogens with zero attached hydrogens (tertiary/aromatic N) is 6. The second kappa shape index (κ2) is 7.92. The number of piperazine rings is 1. The number of tetrazole rings is 1. The second-order valence-corrected chi connectivity index (χ2v) is 8.95. The summed E-state index contributed by atoms with van der Waals surface area (Å²) in [5.41, 5.74) is 2.32. The third-order valence-electron chi connectivity index (χ3n) is 6.49. The van der Waals surface area contributed by atoms with E-state index < -0.39 is 0 Å². The summed E-state index contributed by atoms with van der Waals surface area (Å²) >= 11 is 0. The number of nitrogens with one attached hydrogen (secondary N) is 1. The highest BCUT2D eigenvalue weighted by Gasteiger charge is 2.35. The minimum absolute atomic E-state index is 0.0791. The van der Waals surface area contributed by atoms with Gasteiger partial charge < -0.3 is 9.88 Å². The van der Waals surface area contributed by atoms with Crippen LogP contribution in [0.2, 0.25) is 0 Å². The number of fused-ring (bicyclic) bond motifs is 1. The lowest BCUT2D eigenvalue weighted by Crippen LogP contribution is -2.48. The molecule has 2 aromatic heterocycles. The van der Waals surface area contributed by atoms with E-state index in [0.717, 1.165) is 54.9 Å². The molecule has 1 aromatic carbocycles. The molecule has 1 atom stereocenters. The summed E-state index contributed by atoms with van der Waals surface area (Å²) in [5.74, 6) is 0.726. The van der Waals surface area contributed by atoms with Gasteiger partial charge in [0.05, 0.1) is 11.1 Å². The van der Waals surface area contributed by atoms with Crippen molar-refractivity contribution in [2.24, 2.45) is 0 Å². The first-order valence-corrected chi connectivity index (χ1v) is 10.7. The minimum Gasteiger partial charge on any atom is -0.321 e. The maximum atomic E-state index is 13.3. The van der Waals surface area contributed by atoms with Crippen molar-refractivity contribution in [1.29, 1.82) is 0 Å². The average Bonchev–Trinajstić information content (AvgIpc) is 3.21. The van der Waals surface area contributed by atoms with E-state index >= 15 is 0 Å². The Morgan fingerprint density at radius 3 is 2.63 bits per heavy atom. The first-order chi connectivity index (χ1) is 14.3. The smallest absolute Gasteiger partial charge is 0.253 e. The molecule has 1 unspecified atom stereocenters. The molecular weight excluding hydrogens is 378 g/mol. The topological polar surface area (TPSA) is 82.9 Å². The Kier molecular flexibility index (Phi) is 5.46. The zero-order valence-electron chi connectivity index (χ0n) is 18.5. The van der Waals surface area contributed by atoms with Gasteiger partial charge in [-0.2, -0.15) is 0 Å². The van der Waals surface area contributed by atoms with E-state index in [2.05, 4.69) is 58.1 Å². The van der Waals surface area contributed by atoms with E-state index in [9.17, 15) is 4.79 Å². The lowest BCUT2D eigenvalue weighted by molar-refractivity contribution is 0.117. The third-order valence-corrected chi connectivity index (χ3v) is 6.49. The fraction of sp³-hybridized carbons (Fsp3) is 0.545. The number of aryl methyl sites for hydroxylation is 1. The predicted octanol–water partition coefficient (Wildman–Crippen LogP) is 2.30. The molecule has 1 fully saturated rings. The van der Waals surface area contributed by atoms with Crippen LogP contribution in [0.4, 0.5) is 0 Å². The highest BCUT2D eigenvalue weighted by atomic mass is 16.1. The third kappa shape index (κ3) is 3.65. The fourth-order valence-corrected chi connectivity index (χ4v) is 4.13. The standard InChI is InChI=1S/C22H31N7O/c1-6-22(3,4)29-20(24-25-26-29)19(28-12-10-27(5)11-13-28)17-14-16-9-7-8-15(2)18(16)23-21(17)30/h7-9,14,19H,6,10-13H2,1-5H3,(H,23,30). The van der Waals surface area contributed by atoms with Gasteiger partial charge >= 0.3 is 0 Å². The normalized spacial score (nSPS) is 17.5. The lowest BCUT2D eigenvalue weighted by atomic mass is 9.98. The van der Waals surface area contributed by atoms with Gasteiger partial charge in [-0.25, -0.2) is 4.68 Å². The molecule has 1 N–H and O–H groups in total. The van der Waals surface area contributed by atoms with E-state index in [1.165, 1.54) is 0 Å². The van der Waals surface area contributed by atoms with Crippen LogP contribution in [-0.4, -0.2) is 68.2 Å². The van der Waals surface area contributed by atoms with Crippen molar-refractivity contribution in [2.75, 3.05) is 33.2 Å². The minimum atomic E-state index is -0.298. The Labute approximate surface area is 176 Å². The number of H-pyrrole nitrogens is 1. The van der Waals surface area contributed by atoms with Crippen molar-refractivity contribution in [1.82, 2.24) is 35.0 Å². The van der Waals surface area contributed by atoms with Crippen LogP contribution in [0.15, 0.2) is 29.1 Å². The Morgan fingerprint density at radius 2 is 1.93 bits per heavy atom. The molecular formula is C22H31N7O. The molecule has 160 valence electrons. The molecule has 8 nitrogen and oxygen atoms in total. The Balaban J connectivity index is 1.90. The van der Waals surface area contributed by atoms with Crippen molar-refractivity contribution in [3.63, 3.8) is 0 Å². The zero-order chi connectivity index (χ0) is 21.5. The van der Waals surface area contributed by atoms with Crippen LogP contribution in [0, 0.1) is 6.92 Å². The highest BCUT2D eigenvalue weighted by molar-refractivity contribution is 5.82. The van der Waals surface area contributed by atoms with E-state index in [-0.39, 0.29) is 17.1 Å². The van der Waals surface area contributed by atoms with E-state index in [4.69, 9.17) is 0 Å². The largest absolute Gasteiger partial charge is 0.321 e. The molecule has 3 heterocycles. The number of aromatic amines is 1. The van der Waals surface area contributed by atoms with Crippen molar-refractivity contribution < 1.29 is 0 Å². The summed E-state index contributed by atoms with van der Waals surface area (Å²) in [4.78, 5) is 21.0. The monoisotopic (exact) mass is 409 g/mol. The molecule has 1 aliphatic heterocycles. The van der Waals surface area contributed by atoms with Crippen molar-refractivity contribution in [2.45, 2.75) is 45.7 Å². The number of rotatable bonds is 5. The van der Waals surface area contributed by atoms with Crippen molar-refractivity contribution >= 4 is 10.9 Å². The van der Waals surface area contributed by atoms with Gasteiger partial charge in [-0.05, 0) is 61.7 Å². The maximum absolute atomic E-state index is 13.3. The molecule has 8 heteroatoms. The number of para-hydroxylation sites is 1. The van der Waals surface area contributed by atoms with Gasteiger partial charge in [0.15, 0.2) is 5.82 Å². The average molecular weight is 410 g/mol. The van der Waals surface area contributed by atoms with E-state index in [1.54, 1.807) is 0 Å². The van der Waals surface area contributed by atoms with Crippen LogP contribution in [0.3, 0.4) is 0 Å². The second-order valence-electron chi connectivity index (χ2n) is 8.95. The molecule has 4 rings (SSSR count). The van der Waals surface area contributed by atoms with Crippen LogP contribution < -0.4 is 5.56 Å². The number of benzene rings is 1. The summed E-state index contributed by atoms with van der Waals surface area (Å²) in [6.07, 6.45) is 0.883. The van der Waals surface area contributed by atoms with Gasteiger partial charge in [0.1, 0.15) is 6.04 Å². The van der Waals surface area contributed by atoms with E-state index in [1.807, 2.05) is 35.9 Å². The summed E-state index contributed by atoms with van der Waals surface area (Å²) in [6, 6.07) is 7.80. The van der Waals surface area contributed by atoms with Gasteiger partial charge in [-0.15, -0.1) is 5.10 Å². The summed E-state index contributed by atoms with van der Waals surface area (Å²) in [7, 11) is 2.13. The van der Waals surface area contributed by atoms with Gasteiger partial charge in [-0.3, -0.25) is 9.69 Å². The molecule has 30 heavy (non-hydrogen) atoms. The fourth-order valence-electron chi connectivity index (χ4n) is 4.13. The number of aromatic nitrogens is 5. The van der Waals surface area contributed by atoms with Gasteiger partial charge in [0.2, 0.25) is 0 Å². The molecule has 0 spiro atoms. The zero-order valence-corrected chi connectivity index (χ0v) is 18.5. The number of hydrogen-bond donors (Lipinski definition) is 1. The summed E-state index contributed by atoms with van der Waals surface area (Å²) < 4.78 is 1.90. The molecule has 1 aliphatic rings. The lowest BCUT2D eigenvalue weighted by Gasteiger charge is -2.38. The van der Waals surface area contributed by atoms with E-state index in [0.29, 0.717) is 5.56 Å². The first kappa shape index (κ1) is 20.7. The molecule has 0 radical (unpaired) electrons. The number of likely N-dealkylation sites (N-methyl/N-ethyl adjacent to an activating group) is 1. The molecule has 3 aromatic rings. The van der Waals surface area contributed by atoms with Crippen LogP contribution in [0.5, 0.6) is 0 Å². The van der Waals surface area contributed by atoms with Crippen molar-refractivity contribution in [3.05, 3.63) is 51.6 Å². The maximum Gasteiger partial charge on any atom is 0.253 e. The Hall–Kier alpha value is -2.58. The Morgan fingerprint density at radius 1 is 1.20 bits per heavy atom. The molecule has 1 saturated heterocycles. The summed E-state index contributed by atoms with van der Waals surface area (Å²) in [5, 5.41) is 13.8. The quantitative estimate of drug-likeness (QED) is 0.696. The summed E-state index contributed by atoms with van der Waals surface area (Å²) in [6.45, 7) is 12.0. The van der Waals surface area contributed by atoms with Crippen LogP contribution in [0.1, 0.15) is 50.2 Å². The van der Waals surface area contributed by atoms with Crippen LogP contribution in [0.25, 0.3) is 10.9 Å². The van der Waals surface area contributed by atoms with Gasteiger partial charge in [0.25, 0.3) is 5.56 Å². The van der Waals surface area contributed by atoms with Crippen molar-refractivity contribution in [3.8, 4) is 0 Å².